The SMILES string of the molecule is CCC(C)NC1(CN)CCCCCCCCCCC1. The molecule has 0 saturated heterocycles. The van der Waals surface area contributed by atoms with Crippen molar-refractivity contribution in [1.29, 1.82) is 0 Å². The third kappa shape index (κ3) is 6.76. The third-order valence-corrected chi connectivity index (χ3v) is 4.87. The Kier molecular flexibility index (Phi) is 8.72. The van der Waals surface area contributed by atoms with E-state index in [-0.39, 0.29) is 5.54 Å². The zero-order valence-corrected chi connectivity index (χ0v) is 13.3. The molecule has 3 N–H and O–H groups in total. The smallest absolute Gasteiger partial charge is 0.0306 e. The molecule has 0 aromatic rings. The average molecular weight is 268 g/mol. The van der Waals surface area contributed by atoms with Crippen LogP contribution in [0.1, 0.15) is 90.9 Å². The Morgan fingerprint density at radius 1 is 0.895 bits per heavy atom. The van der Waals surface area contributed by atoms with Crippen molar-refractivity contribution in [3.63, 3.8) is 0 Å². The van der Waals surface area contributed by atoms with Crippen LogP contribution in [0, 0.1) is 0 Å². The van der Waals surface area contributed by atoms with E-state index in [4.69, 9.17) is 5.73 Å². The average Bonchev–Trinajstić information content (AvgIpc) is 2.42. The van der Waals surface area contributed by atoms with Gasteiger partial charge >= 0.3 is 0 Å². The third-order valence-electron chi connectivity index (χ3n) is 4.87. The minimum atomic E-state index is 0.217. The Labute approximate surface area is 120 Å². The lowest BCUT2D eigenvalue weighted by atomic mass is 9.84. The number of nitrogens with two attached hydrogens (primary N) is 1. The molecule has 0 spiro atoms. The lowest BCUT2D eigenvalue weighted by Gasteiger charge is -2.37. The first-order chi connectivity index (χ1) is 9.22. The van der Waals surface area contributed by atoms with E-state index in [0.29, 0.717) is 6.04 Å². The van der Waals surface area contributed by atoms with Crippen LogP contribution in [0.2, 0.25) is 0 Å². The van der Waals surface area contributed by atoms with E-state index in [1.165, 1.54) is 77.0 Å². The first-order valence-electron chi connectivity index (χ1n) is 8.70. The maximum absolute atomic E-state index is 6.16. The summed E-state index contributed by atoms with van der Waals surface area (Å²) in [7, 11) is 0. The molecule has 1 atom stereocenters. The van der Waals surface area contributed by atoms with Gasteiger partial charge < -0.3 is 11.1 Å². The minimum absolute atomic E-state index is 0.217. The zero-order valence-electron chi connectivity index (χ0n) is 13.3. The molecule has 1 fully saturated rings. The maximum Gasteiger partial charge on any atom is 0.0306 e. The second-order valence-electron chi connectivity index (χ2n) is 6.62. The highest BCUT2D eigenvalue weighted by atomic mass is 15.0. The molecule has 1 rings (SSSR count). The summed E-state index contributed by atoms with van der Waals surface area (Å²) in [6.45, 7) is 5.36. The summed E-state index contributed by atoms with van der Waals surface area (Å²) in [5.74, 6) is 0. The number of rotatable bonds is 4. The summed E-state index contributed by atoms with van der Waals surface area (Å²) in [6.07, 6.45) is 16.4. The van der Waals surface area contributed by atoms with Crippen LogP contribution >= 0.6 is 0 Å². The van der Waals surface area contributed by atoms with Gasteiger partial charge in [0.2, 0.25) is 0 Å². The second kappa shape index (κ2) is 9.77. The van der Waals surface area contributed by atoms with Gasteiger partial charge in [-0.1, -0.05) is 64.7 Å². The van der Waals surface area contributed by atoms with Gasteiger partial charge in [-0.15, -0.1) is 0 Å². The van der Waals surface area contributed by atoms with Gasteiger partial charge in [-0.05, 0) is 26.2 Å². The van der Waals surface area contributed by atoms with Crippen LogP contribution in [-0.2, 0) is 0 Å². The molecule has 2 heteroatoms. The molecule has 114 valence electrons. The molecule has 0 bridgehead atoms. The van der Waals surface area contributed by atoms with E-state index in [1.54, 1.807) is 0 Å². The summed E-state index contributed by atoms with van der Waals surface area (Å²) < 4.78 is 0. The van der Waals surface area contributed by atoms with Gasteiger partial charge in [-0.3, -0.25) is 0 Å². The van der Waals surface area contributed by atoms with Crippen molar-refractivity contribution in [1.82, 2.24) is 5.32 Å². The minimum Gasteiger partial charge on any atom is -0.329 e. The Balaban J connectivity index is 2.55. The van der Waals surface area contributed by atoms with Gasteiger partial charge in [-0.2, -0.15) is 0 Å². The van der Waals surface area contributed by atoms with Gasteiger partial charge in [0.1, 0.15) is 0 Å². The van der Waals surface area contributed by atoms with Crippen LogP contribution in [0.25, 0.3) is 0 Å². The molecule has 0 aromatic heterocycles. The Morgan fingerprint density at radius 3 is 1.68 bits per heavy atom. The largest absolute Gasteiger partial charge is 0.329 e. The fourth-order valence-corrected chi connectivity index (χ4v) is 3.32. The fraction of sp³-hybridized carbons (Fsp3) is 1.00. The molecule has 1 saturated carbocycles. The summed E-state index contributed by atoms with van der Waals surface area (Å²) >= 11 is 0. The molecule has 0 heterocycles. The molecule has 1 aliphatic carbocycles. The molecule has 1 aliphatic rings. The maximum atomic E-state index is 6.16. The molecule has 0 aliphatic heterocycles. The highest BCUT2D eigenvalue weighted by Gasteiger charge is 2.28. The Bertz CT molecular complexity index is 203. The van der Waals surface area contributed by atoms with Gasteiger partial charge in [0, 0.05) is 18.1 Å². The predicted octanol–water partition coefficient (Wildman–Crippen LogP) is 4.38. The predicted molar refractivity (Wildman–Crippen MR) is 85.5 cm³/mol. The Morgan fingerprint density at radius 2 is 1.32 bits per heavy atom. The van der Waals surface area contributed by atoms with Crippen LogP contribution in [0.4, 0.5) is 0 Å². The van der Waals surface area contributed by atoms with Crippen molar-refractivity contribution < 1.29 is 0 Å². The van der Waals surface area contributed by atoms with Crippen molar-refractivity contribution in [3.8, 4) is 0 Å². The molecule has 0 amide bonds. The number of nitrogens with one attached hydrogen (secondary N) is 1. The van der Waals surface area contributed by atoms with Crippen molar-refractivity contribution in [3.05, 3.63) is 0 Å². The van der Waals surface area contributed by atoms with Crippen molar-refractivity contribution >= 4 is 0 Å². The number of hydrogen-bond donors (Lipinski definition) is 2. The van der Waals surface area contributed by atoms with Gasteiger partial charge in [0.15, 0.2) is 0 Å². The molecule has 0 radical (unpaired) electrons. The molecule has 19 heavy (non-hydrogen) atoms. The van der Waals surface area contributed by atoms with Crippen LogP contribution in [0.15, 0.2) is 0 Å². The highest BCUT2D eigenvalue weighted by molar-refractivity contribution is 4.91. The molecular weight excluding hydrogens is 232 g/mol. The van der Waals surface area contributed by atoms with Gasteiger partial charge in [-0.25, -0.2) is 0 Å². The molecule has 0 aromatic carbocycles. The normalized spacial score (nSPS) is 24.2. The van der Waals surface area contributed by atoms with E-state index in [2.05, 4.69) is 19.2 Å². The van der Waals surface area contributed by atoms with Crippen molar-refractivity contribution in [2.24, 2.45) is 5.73 Å². The van der Waals surface area contributed by atoms with Crippen LogP contribution in [-0.4, -0.2) is 18.1 Å². The van der Waals surface area contributed by atoms with E-state index in [0.717, 1.165) is 6.54 Å². The molecule has 1 unspecified atom stereocenters. The van der Waals surface area contributed by atoms with E-state index >= 15 is 0 Å². The fourth-order valence-electron chi connectivity index (χ4n) is 3.32. The van der Waals surface area contributed by atoms with Crippen LogP contribution in [0.3, 0.4) is 0 Å². The second-order valence-corrected chi connectivity index (χ2v) is 6.62. The summed E-state index contributed by atoms with van der Waals surface area (Å²) in [4.78, 5) is 0. The standard InChI is InChI=1S/C17H36N2/c1-3-16(2)19-17(15-18)13-11-9-7-5-4-6-8-10-12-14-17/h16,19H,3-15,18H2,1-2H3. The van der Waals surface area contributed by atoms with Crippen molar-refractivity contribution in [2.45, 2.75) is 102 Å². The van der Waals surface area contributed by atoms with Crippen molar-refractivity contribution in [2.75, 3.05) is 6.54 Å². The van der Waals surface area contributed by atoms with E-state index in [9.17, 15) is 0 Å². The topological polar surface area (TPSA) is 38.0 Å². The molecule has 2 nitrogen and oxygen atoms in total. The lowest BCUT2D eigenvalue weighted by molar-refractivity contribution is 0.241. The van der Waals surface area contributed by atoms with E-state index < -0.39 is 0 Å². The monoisotopic (exact) mass is 268 g/mol. The highest BCUT2D eigenvalue weighted by Crippen LogP contribution is 2.25. The zero-order chi connectivity index (χ0) is 14.0. The van der Waals surface area contributed by atoms with Gasteiger partial charge in [0.05, 0.1) is 0 Å². The van der Waals surface area contributed by atoms with Gasteiger partial charge in [0.25, 0.3) is 0 Å². The Hall–Kier alpha value is -0.0800. The van der Waals surface area contributed by atoms with Crippen LogP contribution in [0.5, 0.6) is 0 Å². The quantitative estimate of drug-likeness (QED) is 0.794. The van der Waals surface area contributed by atoms with E-state index in [1.807, 2.05) is 0 Å². The van der Waals surface area contributed by atoms with Crippen LogP contribution < -0.4 is 11.1 Å². The number of hydrogen-bond acceptors (Lipinski definition) is 2. The summed E-state index contributed by atoms with van der Waals surface area (Å²) in [5.41, 5.74) is 6.38. The first kappa shape index (κ1) is 17.0. The molecular formula is C17H36N2. The summed E-state index contributed by atoms with van der Waals surface area (Å²) in [5, 5.41) is 3.86. The summed E-state index contributed by atoms with van der Waals surface area (Å²) in [6, 6.07) is 0.594. The first-order valence-corrected chi connectivity index (χ1v) is 8.70. The lowest BCUT2D eigenvalue weighted by Crippen LogP contribution is -2.54.